The Kier molecular flexibility index (Phi) is 8.55. The molecule has 5 rings (SSSR count). The van der Waals surface area contributed by atoms with E-state index in [9.17, 15) is 19.1 Å². The second-order valence-corrected chi connectivity index (χ2v) is 9.66. The Bertz CT molecular complexity index is 1590. The van der Waals surface area contributed by atoms with Crippen LogP contribution in [0.4, 0.5) is 4.39 Å². The number of H-pyrrole nitrogens is 1. The van der Waals surface area contributed by atoms with Crippen molar-refractivity contribution in [2.75, 3.05) is 27.9 Å². The lowest BCUT2D eigenvalue weighted by molar-refractivity contribution is -0.0972. The van der Waals surface area contributed by atoms with Crippen LogP contribution in [-0.2, 0) is 19.8 Å². The lowest BCUT2D eigenvalue weighted by Crippen LogP contribution is -2.41. The van der Waals surface area contributed by atoms with Gasteiger partial charge in [0.2, 0.25) is 5.82 Å². The van der Waals surface area contributed by atoms with E-state index < -0.39 is 47.2 Å². The molecule has 11 heteroatoms. The number of aromatic nitrogens is 2. The third-order valence-electron chi connectivity index (χ3n) is 7.39. The van der Waals surface area contributed by atoms with Crippen molar-refractivity contribution in [2.45, 2.75) is 30.1 Å². The molecule has 0 spiro atoms. The smallest absolute Gasteiger partial charge is 0.330 e. The summed E-state index contributed by atoms with van der Waals surface area (Å²) < 4.78 is 44.8. The van der Waals surface area contributed by atoms with Crippen LogP contribution in [-0.4, -0.2) is 60.9 Å². The third-order valence-corrected chi connectivity index (χ3v) is 7.39. The summed E-state index contributed by atoms with van der Waals surface area (Å²) in [5.74, 6) is -0.242. The van der Waals surface area contributed by atoms with Crippen molar-refractivity contribution in [2.24, 2.45) is 0 Å². The van der Waals surface area contributed by atoms with E-state index in [2.05, 4.69) is 0 Å². The Balaban J connectivity index is 1.61. The summed E-state index contributed by atoms with van der Waals surface area (Å²) in [7, 11) is 4.42. The molecular formula is C31H31FN2O8. The number of aliphatic hydroxyl groups is 1. The first-order valence-corrected chi connectivity index (χ1v) is 13.2. The van der Waals surface area contributed by atoms with Crippen molar-refractivity contribution in [1.29, 1.82) is 0 Å². The summed E-state index contributed by atoms with van der Waals surface area (Å²) in [5.41, 5.74) is -1.21. The van der Waals surface area contributed by atoms with E-state index >= 15 is 0 Å². The van der Waals surface area contributed by atoms with Crippen LogP contribution in [0.15, 0.2) is 94.6 Å². The predicted octanol–water partition coefficient (Wildman–Crippen LogP) is 2.97. The number of hydrogen-bond acceptors (Lipinski definition) is 8. The van der Waals surface area contributed by atoms with Crippen molar-refractivity contribution in [3.8, 4) is 11.5 Å². The molecule has 0 aliphatic carbocycles. The summed E-state index contributed by atoms with van der Waals surface area (Å²) in [4.78, 5) is 26.0. The number of nitrogens with one attached hydrogen (secondary N) is 1. The van der Waals surface area contributed by atoms with E-state index in [1.165, 1.54) is 7.11 Å². The third kappa shape index (κ3) is 5.12. The van der Waals surface area contributed by atoms with E-state index in [0.29, 0.717) is 17.1 Å². The highest BCUT2D eigenvalue weighted by molar-refractivity contribution is 5.57. The molecule has 0 saturated carbocycles. The Morgan fingerprint density at radius 3 is 2.14 bits per heavy atom. The van der Waals surface area contributed by atoms with Crippen molar-refractivity contribution in [3.05, 3.63) is 128 Å². The molecule has 4 atom stereocenters. The molecule has 0 radical (unpaired) electrons. The number of hydrogen-bond donors (Lipinski definition) is 2. The van der Waals surface area contributed by atoms with E-state index in [1.54, 1.807) is 20.3 Å². The van der Waals surface area contributed by atoms with Gasteiger partial charge in [0.25, 0.3) is 5.56 Å². The molecule has 1 aromatic heterocycles. The molecule has 0 amide bonds. The zero-order chi connectivity index (χ0) is 29.9. The Morgan fingerprint density at radius 2 is 1.57 bits per heavy atom. The Hall–Kier alpha value is -4.29. The van der Waals surface area contributed by atoms with Crippen LogP contribution in [0.1, 0.15) is 22.9 Å². The van der Waals surface area contributed by atoms with Crippen molar-refractivity contribution >= 4 is 0 Å². The number of para-hydroxylation sites is 1. The van der Waals surface area contributed by atoms with Gasteiger partial charge in [0.15, 0.2) is 17.7 Å². The van der Waals surface area contributed by atoms with Crippen LogP contribution in [0.3, 0.4) is 0 Å². The quantitative estimate of drug-likeness (QED) is 0.276. The second kappa shape index (κ2) is 12.3. The first-order valence-electron chi connectivity index (χ1n) is 13.2. The number of rotatable bonds is 10. The number of aliphatic hydroxyl groups excluding tert-OH is 1. The largest absolute Gasteiger partial charge is 0.493 e. The fourth-order valence-electron chi connectivity index (χ4n) is 5.42. The highest BCUT2D eigenvalue weighted by Crippen LogP contribution is 2.48. The Morgan fingerprint density at radius 1 is 0.929 bits per heavy atom. The first kappa shape index (κ1) is 29.2. The van der Waals surface area contributed by atoms with Gasteiger partial charge in [-0.2, -0.15) is 4.39 Å². The van der Waals surface area contributed by atoms with Crippen LogP contribution in [0, 0.1) is 5.82 Å². The molecule has 1 aliphatic heterocycles. The fraction of sp³-hybridized carbons (Fsp3) is 0.290. The number of ether oxygens (including phenoxy) is 5. The molecule has 10 nitrogen and oxygen atoms in total. The van der Waals surface area contributed by atoms with Gasteiger partial charge < -0.3 is 28.8 Å². The summed E-state index contributed by atoms with van der Waals surface area (Å²) in [5, 5.41) is 11.2. The normalized spacial score (nSPS) is 20.4. The molecule has 2 heterocycles. The van der Waals surface area contributed by atoms with Gasteiger partial charge in [-0.25, -0.2) is 4.79 Å². The predicted molar refractivity (Wildman–Crippen MR) is 150 cm³/mol. The zero-order valence-corrected chi connectivity index (χ0v) is 23.2. The van der Waals surface area contributed by atoms with E-state index in [-0.39, 0.29) is 6.61 Å². The van der Waals surface area contributed by atoms with Gasteiger partial charge in [-0.1, -0.05) is 72.8 Å². The summed E-state index contributed by atoms with van der Waals surface area (Å²) >= 11 is 0. The van der Waals surface area contributed by atoms with Gasteiger partial charge >= 0.3 is 5.69 Å². The van der Waals surface area contributed by atoms with Gasteiger partial charge in [-0.15, -0.1) is 0 Å². The highest BCUT2D eigenvalue weighted by Gasteiger charge is 2.48. The van der Waals surface area contributed by atoms with Gasteiger partial charge in [-0.05, 0) is 17.2 Å². The molecule has 42 heavy (non-hydrogen) atoms. The van der Waals surface area contributed by atoms with E-state index in [4.69, 9.17) is 23.7 Å². The molecule has 0 bridgehead atoms. The maximum atomic E-state index is 14.1. The average molecular weight is 579 g/mol. The maximum absolute atomic E-state index is 14.1. The minimum Gasteiger partial charge on any atom is -0.493 e. The monoisotopic (exact) mass is 578 g/mol. The van der Waals surface area contributed by atoms with Gasteiger partial charge in [-0.3, -0.25) is 14.3 Å². The van der Waals surface area contributed by atoms with Gasteiger partial charge in [0.05, 0.1) is 27.0 Å². The van der Waals surface area contributed by atoms with E-state index in [1.807, 2.05) is 77.8 Å². The number of benzene rings is 3. The minimum atomic E-state index is -1.28. The van der Waals surface area contributed by atoms with Crippen LogP contribution >= 0.6 is 0 Å². The molecule has 1 saturated heterocycles. The number of methoxy groups -OCH3 is 3. The van der Waals surface area contributed by atoms with Crippen molar-refractivity contribution in [3.63, 3.8) is 0 Å². The average Bonchev–Trinajstić information content (AvgIpc) is 3.34. The summed E-state index contributed by atoms with van der Waals surface area (Å²) in [6.45, 7) is -0.192. The number of aromatic amines is 1. The number of halogens is 1. The molecule has 1 fully saturated rings. The first-order chi connectivity index (χ1) is 20.3. The molecule has 1 aliphatic rings. The standard InChI is InChI=1S/C31H31FN2O8/c1-38-23-16-10-15-21(26(23)39-2)31(19-11-6-4-7-12-19,20-13-8-5-9-14-20)41-18-24-25(35)27(40-3)29(42-24)34-17-22(32)28(36)33-30(34)37/h4-17,24-25,27,29,35H,18H2,1-3H3,(H,33,36,37). The van der Waals surface area contributed by atoms with Crippen molar-refractivity contribution < 1.29 is 33.2 Å². The highest BCUT2D eigenvalue weighted by atomic mass is 19.1. The van der Waals surface area contributed by atoms with Crippen LogP contribution in [0.25, 0.3) is 0 Å². The van der Waals surface area contributed by atoms with Gasteiger partial charge in [0, 0.05) is 12.7 Å². The maximum Gasteiger partial charge on any atom is 0.330 e. The van der Waals surface area contributed by atoms with Crippen LogP contribution in [0.2, 0.25) is 0 Å². The van der Waals surface area contributed by atoms with Crippen LogP contribution in [0.5, 0.6) is 11.5 Å². The number of nitrogens with zero attached hydrogens (tertiary/aromatic N) is 1. The molecule has 2 N–H and O–H groups in total. The second-order valence-electron chi connectivity index (χ2n) is 9.66. The van der Waals surface area contributed by atoms with Gasteiger partial charge in [0.1, 0.15) is 23.9 Å². The Labute approximate surface area is 240 Å². The molecule has 4 aromatic rings. The topological polar surface area (TPSA) is 121 Å². The lowest BCUT2D eigenvalue weighted by atomic mass is 9.79. The van der Waals surface area contributed by atoms with E-state index in [0.717, 1.165) is 21.9 Å². The molecular weight excluding hydrogens is 547 g/mol. The zero-order valence-electron chi connectivity index (χ0n) is 23.2. The SMILES string of the molecule is COc1cccc(C(OCC2OC(n3cc(F)c(=O)[nH]c3=O)C(OC)C2O)(c2ccccc2)c2ccccc2)c1OC. The lowest BCUT2D eigenvalue weighted by Gasteiger charge is -2.38. The fourth-order valence-corrected chi connectivity index (χ4v) is 5.42. The van der Waals surface area contributed by atoms with Crippen LogP contribution < -0.4 is 20.7 Å². The molecule has 220 valence electrons. The molecule has 4 unspecified atom stereocenters. The van der Waals surface area contributed by atoms with Crippen molar-refractivity contribution in [1.82, 2.24) is 9.55 Å². The molecule has 3 aromatic carbocycles. The summed E-state index contributed by atoms with van der Waals surface area (Å²) in [6.07, 6.45) is -3.89. The summed E-state index contributed by atoms with van der Waals surface area (Å²) in [6, 6.07) is 24.5. The minimum absolute atomic E-state index is 0.192.